The summed E-state index contributed by atoms with van der Waals surface area (Å²) in [6, 6.07) is 0. The number of hydrogen-bond acceptors (Lipinski definition) is 3. The fourth-order valence-corrected chi connectivity index (χ4v) is 1.58. The molecule has 1 aliphatic heterocycles. The van der Waals surface area contributed by atoms with Crippen LogP contribution in [0.15, 0.2) is 0 Å². The Balaban J connectivity index is 2.52. The average Bonchev–Trinajstić information content (AvgIpc) is 1.99. The Labute approximate surface area is 74.8 Å². The molecular formula is C7H11N2O2S+. The van der Waals surface area contributed by atoms with Crippen molar-refractivity contribution < 1.29 is 14.6 Å². The maximum Gasteiger partial charge on any atom is 0.319 e. The van der Waals surface area contributed by atoms with E-state index in [0.717, 1.165) is 12.2 Å². The molecule has 12 heavy (non-hydrogen) atoms. The van der Waals surface area contributed by atoms with Gasteiger partial charge in [-0.25, -0.2) is 19.9 Å². The minimum Gasteiger partial charge on any atom is -0.246 e. The van der Waals surface area contributed by atoms with E-state index in [9.17, 15) is 9.59 Å². The van der Waals surface area contributed by atoms with Crippen molar-refractivity contribution in [2.45, 2.75) is 19.8 Å². The molecule has 2 amide bonds. The second-order valence-electron chi connectivity index (χ2n) is 2.45. The van der Waals surface area contributed by atoms with Crippen LogP contribution in [0.4, 0.5) is 0 Å². The summed E-state index contributed by atoms with van der Waals surface area (Å²) in [5, 5.41) is 3.16. The van der Waals surface area contributed by atoms with Crippen molar-refractivity contribution in [3.8, 4) is 0 Å². The van der Waals surface area contributed by atoms with Gasteiger partial charge in [-0.2, -0.15) is 0 Å². The number of rotatable bonds is 2. The zero-order valence-corrected chi connectivity index (χ0v) is 7.66. The van der Waals surface area contributed by atoms with E-state index < -0.39 is 0 Å². The van der Waals surface area contributed by atoms with E-state index in [1.54, 1.807) is 0 Å². The van der Waals surface area contributed by atoms with Gasteiger partial charge in [-0.1, -0.05) is 6.92 Å². The highest BCUT2D eigenvalue weighted by atomic mass is 32.2. The fourth-order valence-electron chi connectivity index (χ4n) is 0.795. The molecule has 0 aliphatic carbocycles. The molecule has 1 aliphatic rings. The minimum absolute atomic E-state index is 0.0593. The third-order valence-electron chi connectivity index (χ3n) is 1.28. The molecule has 0 atom stereocenters. The summed E-state index contributed by atoms with van der Waals surface area (Å²) in [6.45, 7) is 2.04. The first-order chi connectivity index (χ1) is 5.72. The van der Waals surface area contributed by atoms with Gasteiger partial charge in [0.15, 0.2) is 6.42 Å². The monoisotopic (exact) mass is 187 g/mol. The molecule has 0 saturated carbocycles. The molecule has 0 aromatic rings. The van der Waals surface area contributed by atoms with Crippen molar-refractivity contribution in [2.75, 3.05) is 5.75 Å². The predicted molar refractivity (Wildman–Crippen MR) is 46.5 cm³/mol. The molecule has 1 heterocycles. The Morgan fingerprint density at radius 2 is 2.33 bits per heavy atom. The Morgan fingerprint density at radius 3 is 2.92 bits per heavy atom. The largest absolute Gasteiger partial charge is 0.319 e. The molecule has 4 nitrogen and oxygen atoms in total. The summed E-state index contributed by atoms with van der Waals surface area (Å²) in [5.41, 5.74) is 0. The van der Waals surface area contributed by atoms with Crippen molar-refractivity contribution in [3.05, 3.63) is 0 Å². The van der Waals surface area contributed by atoms with Gasteiger partial charge in [-0.3, -0.25) is 0 Å². The molecule has 0 bridgehead atoms. The Hall–Kier alpha value is -0.840. The number of hydrogen-bond donors (Lipinski definition) is 2. The zero-order valence-electron chi connectivity index (χ0n) is 6.85. The van der Waals surface area contributed by atoms with Crippen LogP contribution in [-0.4, -0.2) is 22.7 Å². The number of nitrogens with one attached hydrogen (secondary N) is 2. The standard InChI is InChI=1S/C7H10N2O2S/c1-2-3-12-7-8-5(10)4-6(11)9-7/h2-4H2,1H3,(H,8,9,10,11)/p+1. The smallest absolute Gasteiger partial charge is 0.246 e. The number of carbonyl (C=O) groups is 2. The van der Waals surface area contributed by atoms with Crippen LogP contribution in [0.25, 0.3) is 0 Å². The van der Waals surface area contributed by atoms with Gasteiger partial charge >= 0.3 is 17.0 Å². The van der Waals surface area contributed by atoms with Gasteiger partial charge in [0.2, 0.25) is 0 Å². The lowest BCUT2D eigenvalue weighted by molar-refractivity contribution is -0.378. The van der Waals surface area contributed by atoms with Crippen LogP contribution in [0.2, 0.25) is 0 Å². The summed E-state index contributed by atoms with van der Waals surface area (Å²) in [4.78, 5) is 24.3. The molecule has 0 unspecified atom stereocenters. The first-order valence-corrected chi connectivity index (χ1v) is 4.80. The van der Waals surface area contributed by atoms with Gasteiger partial charge in [0.05, 0.1) is 0 Å². The Bertz CT molecular complexity index is 238. The summed E-state index contributed by atoms with van der Waals surface area (Å²) in [7, 11) is 0. The van der Waals surface area contributed by atoms with E-state index in [0.29, 0.717) is 5.17 Å². The second-order valence-corrected chi connectivity index (χ2v) is 3.56. The lowest BCUT2D eigenvalue weighted by Crippen LogP contribution is -2.82. The third-order valence-corrected chi connectivity index (χ3v) is 2.38. The first kappa shape index (κ1) is 9.25. The van der Waals surface area contributed by atoms with E-state index >= 15 is 0 Å². The van der Waals surface area contributed by atoms with Crippen LogP contribution in [0.3, 0.4) is 0 Å². The van der Waals surface area contributed by atoms with Crippen molar-refractivity contribution in [1.82, 2.24) is 5.32 Å². The number of thioether (sulfide) groups is 1. The number of amides is 2. The highest BCUT2D eigenvalue weighted by Gasteiger charge is 2.24. The molecule has 2 N–H and O–H groups in total. The van der Waals surface area contributed by atoms with E-state index in [1.807, 2.05) is 6.92 Å². The molecule has 5 heteroatoms. The second kappa shape index (κ2) is 4.25. The Morgan fingerprint density at radius 1 is 1.58 bits per heavy atom. The van der Waals surface area contributed by atoms with Gasteiger partial charge < -0.3 is 0 Å². The first-order valence-electron chi connectivity index (χ1n) is 3.82. The van der Waals surface area contributed by atoms with Gasteiger partial charge in [0.1, 0.15) is 0 Å². The van der Waals surface area contributed by atoms with Crippen LogP contribution in [0.1, 0.15) is 19.8 Å². The van der Waals surface area contributed by atoms with E-state index in [2.05, 4.69) is 10.3 Å². The summed E-state index contributed by atoms with van der Waals surface area (Å²) in [6.07, 6.45) is 0.954. The van der Waals surface area contributed by atoms with Gasteiger partial charge in [-0.05, 0) is 18.2 Å². The lowest BCUT2D eigenvalue weighted by Gasteiger charge is -2.03. The molecule has 0 spiro atoms. The molecule has 1 rings (SSSR count). The zero-order chi connectivity index (χ0) is 8.97. The molecule has 66 valence electrons. The molecule has 0 aromatic carbocycles. The van der Waals surface area contributed by atoms with Gasteiger partial charge in [-0.15, -0.1) is 0 Å². The molecular weight excluding hydrogens is 176 g/mol. The Kier molecular flexibility index (Phi) is 3.28. The maximum atomic E-state index is 10.8. The average molecular weight is 187 g/mol. The van der Waals surface area contributed by atoms with Crippen LogP contribution >= 0.6 is 11.8 Å². The van der Waals surface area contributed by atoms with Crippen molar-refractivity contribution >= 4 is 28.7 Å². The van der Waals surface area contributed by atoms with Crippen molar-refractivity contribution in [3.63, 3.8) is 0 Å². The van der Waals surface area contributed by atoms with Crippen LogP contribution in [0, 0.1) is 0 Å². The molecule has 0 saturated heterocycles. The summed E-state index contributed by atoms with van der Waals surface area (Å²) >= 11 is 1.46. The van der Waals surface area contributed by atoms with E-state index in [4.69, 9.17) is 0 Å². The predicted octanol–water partition coefficient (Wildman–Crippen LogP) is -1.39. The van der Waals surface area contributed by atoms with Gasteiger partial charge in [0.25, 0.3) is 0 Å². The topological polar surface area (TPSA) is 60.1 Å². The summed E-state index contributed by atoms with van der Waals surface area (Å²) < 4.78 is 0. The van der Waals surface area contributed by atoms with E-state index in [-0.39, 0.29) is 18.2 Å². The minimum atomic E-state index is -0.225. The highest BCUT2D eigenvalue weighted by molar-refractivity contribution is 8.13. The quantitative estimate of drug-likeness (QED) is 0.523. The van der Waals surface area contributed by atoms with E-state index in [1.165, 1.54) is 11.8 Å². The molecule has 0 radical (unpaired) electrons. The van der Waals surface area contributed by atoms with Gasteiger partial charge in [0, 0.05) is 5.75 Å². The van der Waals surface area contributed by atoms with Crippen molar-refractivity contribution in [1.29, 1.82) is 0 Å². The van der Waals surface area contributed by atoms with Crippen molar-refractivity contribution in [2.24, 2.45) is 0 Å². The SMILES string of the molecule is CCCSC1=[NH+]C(=O)CC(=O)N1. The normalized spacial score (nSPS) is 17.2. The molecule has 0 aromatic heterocycles. The lowest BCUT2D eigenvalue weighted by atomic mass is 10.4. The fraction of sp³-hybridized carbons (Fsp3) is 0.571. The molecule has 0 fully saturated rings. The third kappa shape index (κ3) is 2.65. The highest BCUT2D eigenvalue weighted by Crippen LogP contribution is 2.00. The van der Waals surface area contributed by atoms with Crippen LogP contribution < -0.4 is 10.3 Å². The van der Waals surface area contributed by atoms with Crippen LogP contribution in [-0.2, 0) is 9.59 Å². The van der Waals surface area contributed by atoms with Crippen LogP contribution in [0.5, 0.6) is 0 Å². The number of carbonyl (C=O) groups excluding carboxylic acids is 2. The maximum absolute atomic E-state index is 10.8. The summed E-state index contributed by atoms with van der Waals surface area (Å²) in [5.74, 6) is 0.449. The number of amidine groups is 1.